The minimum atomic E-state index is -0.626. The third kappa shape index (κ3) is 1.89. The second-order valence-corrected chi connectivity index (χ2v) is 5.42. The van der Waals surface area contributed by atoms with Crippen molar-refractivity contribution in [1.29, 1.82) is 0 Å². The van der Waals surface area contributed by atoms with Crippen LogP contribution in [0.4, 0.5) is 0 Å². The largest absolute Gasteiger partial charge is 0.480 e. The first kappa shape index (κ1) is 10.9. The van der Waals surface area contributed by atoms with E-state index in [2.05, 4.69) is 11.8 Å². The Kier molecular flexibility index (Phi) is 2.75. The Morgan fingerprint density at radius 3 is 2.53 bits per heavy atom. The zero-order valence-corrected chi connectivity index (χ0v) is 9.70. The fraction of sp³-hybridized carbons (Fsp3) is 0.917. The second kappa shape index (κ2) is 3.78. The predicted octanol–water partition coefficient (Wildman–Crippen LogP) is 1.97. The van der Waals surface area contributed by atoms with Gasteiger partial charge in [0.15, 0.2) is 0 Å². The lowest BCUT2D eigenvalue weighted by Crippen LogP contribution is -2.57. The maximum absolute atomic E-state index is 11.5. The van der Waals surface area contributed by atoms with Crippen LogP contribution in [0.1, 0.15) is 39.5 Å². The molecule has 2 unspecified atom stereocenters. The fourth-order valence-electron chi connectivity index (χ4n) is 2.82. The molecule has 86 valence electrons. The maximum atomic E-state index is 11.5. The number of carboxylic acid groups (broad SMARTS) is 1. The molecule has 0 amide bonds. The molecule has 0 spiro atoms. The van der Waals surface area contributed by atoms with E-state index in [0.29, 0.717) is 11.8 Å². The molecule has 2 rings (SSSR count). The summed E-state index contributed by atoms with van der Waals surface area (Å²) in [5, 5.41) is 9.44. The first-order chi connectivity index (χ1) is 7.05. The Morgan fingerprint density at radius 1 is 1.40 bits per heavy atom. The van der Waals surface area contributed by atoms with Gasteiger partial charge in [-0.3, -0.25) is 9.69 Å². The quantitative estimate of drug-likeness (QED) is 0.776. The van der Waals surface area contributed by atoms with Crippen LogP contribution in [0.25, 0.3) is 0 Å². The van der Waals surface area contributed by atoms with E-state index in [1.807, 2.05) is 6.92 Å². The normalized spacial score (nSPS) is 32.3. The average molecular weight is 211 g/mol. The summed E-state index contributed by atoms with van der Waals surface area (Å²) in [5.41, 5.74) is -0.589. The van der Waals surface area contributed by atoms with E-state index in [-0.39, 0.29) is 0 Å². The lowest BCUT2D eigenvalue weighted by atomic mass is 9.88. The Balaban J connectivity index is 2.13. The van der Waals surface area contributed by atoms with E-state index in [1.165, 1.54) is 6.42 Å². The third-order valence-corrected chi connectivity index (χ3v) is 4.12. The van der Waals surface area contributed by atoms with Gasteiger partial charge in [0, 0.05) is 6.54 Å². The summed E-state index contributed by atoms with van der Waals surface area (Å²) in [5.74, 6) is 0.413. The molecule has 1 saturated carbocycles. The van der Waals surface area contributed by atoms with Crippen molar-refractivity contribution in [1.82, 2.24) is 4.90 Å². The zero-order valence-electron chi connectivity index (χ0n) is 9.70. The number of hydrogen-bond acceptors (Lipinski definition) is 2. The highest BCUT2D eigenvalue weighted by molar-refractivity contribution is 5.79. The van der Waals surface area contributed by atoms with Gasteiger partial charge in [-0.25, -0.2) is 0 Å². The Bertz CT molecular complexity index is 262. The molecule has 0 radical (unpaired) electrons. The van der Waals surface area contributed by atoms with Gasteiger partial charge in [0.05, 0.1) is 0 Å². The summed E-state index contributed by atoms with van der Waals surface area (Å²) in [6.07, 6.45) is 4.58. The SMILES string of the molecule is CC1CCCN(C(C)(C(=O)O)C2CC2)C1. The molecule has 2 aliphatic rings. The molecular weight excluding hydrogens is 190 g/mol. The Labute approximate surface area is 91.5 Å². The highest BCUT2D eigenvalue weighted by Crippen LogP contribution is 2.44. The van der Waals surface area contributed by atoms with Crippen LogP contribution in [0.2, 0.25) is 0 Å². The summed E-state index contributed by atoms with van der Waals surface area (Å²) in [7, 11) is 0. The first-order valence-corrected chi connectivity index (χ1v) is 6.03. The molecule has 2 fully saturated rings. The molecule has 15 heavy (non-hydrogen) atoms. The monoisotopic (exact) mass is 211 g/mol. The molecule has 1 heterocycles. The summed E-state index contributed by atoms with van der Waals surface area (Å²) in [6.45, 7) is 6.06. The number of likely N-dealkylation sites (tertiary alicyclic amines) is 1. The maximum Gasteiger partial charge on any atom is 0.324 e. The molecule has 1 aliphatic heterocycles. The summed E-state index contributed by atoms with van der Waals surface area (Å²) in [6, 6.07) is 0. The average Bonchev–Trinajstić information content (AvgIpc) is 2.99. The van der Waals surface area contributed by atoms with Crippen LogP contribution in [0.15, 0.2) is 0 Å². The van der Waals surface area contributed by atoms with Gasteiger partial charge in [0.25, 0.3) is 0 Å². The van der Waals surface area contributed by atoms with Crippen molar-refractivity contribution in [3.63, 3.8) is 0 Å². The van der Waals surface area contributed by atoms with Crippen LogP contribution in [0, 0.1) is 11.8 Å². The van der Waals surface area contributed by atoms with Crippen LogP contribution >= 0.6 is 0 Å². The molecule has 0 bridgehead atoms. The Hall–Kier alpha value is -0.570. The number of aliphatic carboxylic acids is 1. The molecule has 0 aromatic rings. The van der Waals surface area contributed by atoms with E-state index in [9.17, 15) is 9.90 Å². The van der Waals surface area contributed by atoms with Crippen LogP contribution in [-0.2, 0) is 4.79 Å². The van der Waals surface area contributed by atoms with Gasteiger partial charge in [-0.2, -0.15) is 0 Å². The van der Waals surface area contributed by atoms with Crippen LogP contribution in [0.3, 0.4) is 0 Å². The van der Waals surface area contributed by atoms with Crippen LogP contribution < -0.4 is 0 Å². The van der Waals surface area contributed by atoms with Gasteiger partial charge >= 0.3 is 5.97 Å². The van der Waals surface area contributed by atoms with Crippen molar-refractivity contribution >= 4 is 5.97 Å². The van der Waals surface area contributed by atoms with Crippen molar-refractivity contribution < 1.29 is 9.90 Å². The smallest absolute Gasteiger partial charge is 0.324 e. The standard InChI is InChI=1S/C12H21NO2/c1-9-4-3-7-13(8-9)12(2,11(14)15)10-5-6-10/h9-10H,3-8H2,1-2H3,(H,14,15). The molecule has 3 nitrogen and oxygen atoms in total. The van der Waals surface area contributed by atoms with Gasteiger partial charge in [-0.15, -0.1) is 0 Å². The molecule has 0 aromatic carbocycles. The lowest BCUT2D eigenvalue weighted by molar-refractivity contribution is -0.153. The van der Waals surface area contributed by atoms with Crippen LogP contribution in [0.5, 0.6) is 0 Å². The van der Waals surface area contributed by atoms with Crippen LogP contribution in [-0.4, -0.2) is 34.6 Å². The van der Waals surface area contributed by atoms with Crippen molar-refractivity contribution in [2.45, 2.75) is 45.1 Å². The molecule has 1 saturated heterocycles. The molecule has 1 aliphatic carbocycles. The number of carboxylic acids is 1. The summed E-state index contributed by atoms with van der Waals surface area (Å²) in [4.78, 5) is 13.7. The summed E-state index contributed by atoms with van der Waals surface area (Å²) >= 11 is 0. The second-order valence-electron chi connectivity index (χ2n) is 5.42. The number of piperidine rings is 1. The highest BCUT2D eigenvalue weighted by atomic mass is 16.4. The van der Waals surface area contributed by atoms with E-state index in [4.69, 9.17) is 0 Å². The van der Waals surface area contributed by atoms with E-state index in [1.54, 1.807) is 0 Å². The lowest BCUT2D eigenvalue weighted by Gasteiger charge is -2.42. The van der Waals surface area contributed by atoms with Gasteiger partial charge in [-0.1, -0.05) is 6.92 Å². The first-order valence-electron chi connectivity index (χ1n) is 6.03. The number of nitrogens with zero attached hydrogens (tertiary/aromatic N) is 1. The van der Waals surface area contributed by atoms with E-state index >= 15 is 0 Å². The number of rotatable bonds is 3. The topological polar surface area (TPSA) is 40.5 Å². The minimum Gasteiger partial charge on any atom is -0.480 e. The van der Waals surface area contributed by atoms with Gasteiger partial charge in [-0.05, 0) is 51.0 Å². The molecular formula is C12H21NO2. The Morgan fingerprint density at radius 2 is 2.07 bits per heavy atom. The zero-order chi connectivity index (χ0) is 11.1. The van der Waals surface area contributed by atoms with Gasteiger partial charge in [0.2, 0.25) is 0 Å². The van der Waals surface area contributed by atoms with Crippen molar-refractivity contribution in [2.24, 2.45) is 11.8 Å². The number of carbonyl (C=O) groups is 1. The third-order valence-electron chi connectivity index (χ3n) is 4.12. The molecule has 2 atom stereocenters. The van der Waals surface area contributed by atoms with Crippen molar-refractivity contribution in [3.8, 4) is 0 Å². The molecule has 0 aromatic heterocycles. The van der Waals surface area contributed by atoms with Crippen molar-refractivity contribution in [3.05, 3.63) is 0 Å². The summed E-state index contributed by atoms with van der Waals surface area (Å²) < 4.78 is 0. The van der Waals surface area contributed by atoms with E-state index in [0.717, 1.165) is 32.4 Å². The molecule has 1 N–H and O–H groups in total. The fourth-order valence-corrected chi connectivity index (χ4v) is 2.82. The molecule has 3 heteroatoms. The van der Waals surface area contributed by atoms with Gasteiger partial charge < -0.3 is 5.11 Å². The van der Waals surface area contributed by atoms with Crippen molar-refractivity contribution in [2.75, 3.05) is 13.1 Å². The predicted molar refractivity (Wildman–Crippen MR) is 58.7 cm³/mol. The van der Waals surface area contributed by atoms with Gasteiger partial charge in [0.1, 0.15) is 5.54 Å². The highest BCUT2D eigenvalue weighted by Gasteiger charge is 2.51. The minimum absolute atomic E-state index is 0.389. The van der Waals surface area contributed by atoms with E-state index < -0.39 is 11.5 Å². The number of hydrogen-bond donors (Lipinski definition) is 1.